The van der Waals surface area contributed by atoms with E-state index in [1.807, 2.05) is 11.0 Å². The summed E-state index contributed by atoms with van der Waals surface area (Å²) in [6.07, 6.45) is 9.20. The minimum atomic E-state index is -0.370. The van der Waals surface area contributed by atoms with E-state index in [1.54, 1.807) is 19.2 Å². The highest BCUT2D eigenvalue weighted by Crippen LogP contribution is 2.17. The number of urea groups is 1. The monoisotopic (exact) mass is 459 g/mol. The number of nitrogens with one attached hydrogen (secondary N) is 2. The molecule has 0 spiro atoms. The van der Waals surface area contributed by atoms with Gasteiger partial charge in [-0.1, -0.05) is 19.3 Å². The number of rotatable bonds is 8. The molecule has 1 aromatic heterocycles. The molecule has 0 aromatic carbocycles. The molecular weight excluding hydrogens is 422 g/mol. The molecule has 3 rings (SSSR count). The van der Waals surface area contributed by atoms with Gasteiger partial charge in [0.15, 0.2) is 0 Å². The molecule has 1 aliphatic heterocycles. The fraction of sp³-hybridized carbons (Fsp3) is 0.667. The van der Waals surface area contributed by atoms with Crippen LogP contribution in [0.1, 0.15) is 68.6 Å². The molecule has 0 bridgehead atoms. The van der Waals surface area contributed by atoms with Gasteiger partial charge in [0.1, 0.15) is 5.82 Å². The molecule has 1 aromatic rings. The van der Waals surface area contributed by atoms with Gasteiger partial charge in [-0.3, -0.25) is 4.79 Å². The summed E-state index contributed by atoms with van der Waals surface area (Å²) in [5, 5.41) is 5.91. The molecule has 3 amide bonds. The first-order valence-electron chi connectivity index (χ1n) is 12.3. The minimum Gasteiger partial charge on any atom is -0.462 e. The van der Waals surface area contributed by atoms with Crippen molar-refractivity contribution >= 4 is 23.7 Å². The number of aromatic nitrogens is 1. The lowest BCUT2D eigenvalue weighted by Crippen LogP contribution is -2.43. The molecule has 1 aliphatic carbocycles. The van der Waals surface area contributed by atoms with E-state index in [1.165, 1.54) is 19.3 Å². The van der Waals surface area contributed by atoms with Gasteiger partial charge in [-0.15, -0.1) is 0 Å². The fourth-order valence-electron chi connectivity index (χ4n) is 4.39. The zero-order chi connectivity index (χ0) is 23.5. The van der Waals surface area contributed by atoms with E-state index in [0.29, 0.717) is 51.2 Å². The Hall–Kier alpha value is -2.84. The van der Waals surface area contributed by atoms with Crippen molar-refractivity contribution in [3.8, 4) is 0 Å². The molecule has 2 fully saturated rings. The zero-order valence-electron chi connectivity index (χ0n) is 19.7. The molecule has 1 saturated heterocycles. The normalized spacial score (nSPS) is 17.2. The van der Waals surface area contributed by atoms with Crippen LogP contribution in [-0.4, -0.2) is 73.2 Å². The van der Waals surface area contributed by atoms with Crippen molar-refractivity contribution in [3.05, 3.63) is 23.9 Å². The van der Waals surface area contributed by atoms with Crippen molar-refractivity contribution in [2.24, 2.45) is 0 Å². The number of esters is 1. The van der Waals surface area contributed by atoms with Crippen LogP contribution < -0.4 is 15.5 Å². The zero-order valence-corrected chi connectivity index (χ0v) is 19.7. The average molecular weight is 460 g/mol. The fourth-order valence-corrected chi connectivity index (χ4v) is 4.39. The predicted molar refractivity (Wildman–Crippen MR) is 126 cm³/mol. The Balaban J connectivity index is 1.36. The van der Waals surface area contributed by atoms with Crippen LogP contribution in [0.15, 0.2) is 18.3 Å². The van der Waals surface area contributed by atoms with Gasteiger partial charge in [0, 0.05) is 51.4 Å². The maximum absolute atomic E-state index is 12.6. The van der Waals surface area contributed by atoms with Crippen molar-refractivity contribution in [2.45, 2.75) is 64.3 Å². The van der Waals surface area contributed by atoms with E-state index in [0.717, 1.165) is 31.6 Å². The third-order valence-corrected chi connectivity index (χ3v) is 6.22. The quantitative estimate of drug-likeness (QED) is 0.458. The summed E-state index contributed by atoms with van der Waals surface area (Å²) in [6.45, 7) is 5.45. The highest BCUT2D eigenvalue weighted by molar-refractivity contribution is 5.89. The Morgan fingerprint density at radius 2 is 1.88 bits per heavy atom. The van der Waals surface area contributed by atoms with Crippen molar-refractivity contribution in [1.82, 2.24) is 20.5 Å². The van der Waals surface area contributed by atoms with Gasteiger partial charge >= 0.3 is 12.0 Å². The Kier molecular flexibility index (Phi) is 9.77. The van der Waals surface area contributed by atoms with E-state index >= 15 is 0 Å². The highest BCUT2D eigenvalue weighted by Gasteiger charge is 2.20. The van der Waals surface area contributed by atoms with E-state index < -0.39 is 0 Å². The number of carbonyl (C=O) groups is 3. The van der Waals surface area contributed by atoms with Gasteiger partial charge < -0.3 is 25.2 Å². The standard InChI is InChI=1S/C24H37N5O4/c1-2-33-23(31)19-11-12-21(26-18-19)28-14-7-15-29(17-16-28)22(30)10-6-13-25-24(32)27-20-8-4-3-5-9-20/h11-12,18,20H,2-10,13-17H2,1H3,(H2,25,27,32). The number of pyridine rings is 1. The van der Waals surface area contributed by atoms with Gasteiger partial charge in [0.05, 0.1) is 12.2 Å². The summed E-state index contributed by atoms with van der Waals surface area (Å²) in [6, 6.07) is 3.72. The third kappa shape index (κ3) is 7.91. The van der Waals surface area contributed by atoms with Crippen molar-refractivity contribution in [2.75, 3.05) is 44.2 Å². The van der Waals surface area contributed by atoms with Gasteiger partial charge in [-0.25, -0.2) is 14.6 Å². The van der Waals surface area contributed by atoms with Crippen LogP contribution in [0.5, 0.6) is 0 Å². The second-order valence-corrected chi connectivity index (χ2v) is 8.69. The molecule has 9 heteroatoms. The van der Waals surface area contributed by atoms with Crippen LogP contribution in [0.25, 0.3) is 0 Å². The summed E-state index contributed by atoms with van der Waals surface area (Å²) in [7, 11) is 0. The van der Waals surface area contributed by atoms with Crippen LogP contribution in [0.3, 0.4) is 0 Å². The number of amides is 3. The number of hydrogen-bond acceptors (Lipinski definition) is 6. The van der Waals surface area contributed by atoms with E-state index in [-0.39, 0.29) is 23.9 Å². The first-order chi connectivity index (χ1) is 16.1. The van der Waals surface area contributed by atoms with E-state index in [2.05, 4.69) is 20.5 Å². The molecule has 2 N–H and O–H groups in total. The van der Waals surface area contributed by atoms with Crippen LogP contribution in [0, 0.1) is 0 Å². The van der Waals surface area contributed by atoms with Gasteiger partial charge in [0.2, 0.25) is 5.91 Å². The highest BCUT2D eigenvalue weighted by atomic mass is 16.5. The SMILES string of the molecule is CCOC(=O)c1ccc(N2CCCN(C(=O)CCCNC(=O)NC3CCCCC3)CC2)nc1. The first-order valence-corrected chi connectivity index (χ1v) is 12.3. The lowest BCUT2D eigenvalue weighted by atomic mass is 9.96. The maximum atomic E-state index is 12.6. The van der Waals surface area contributed by atoms with Crippen molar-refractivity contribution < 1.29 is 19.1 Å². The first kappa shape index (κ1) is 24.8. The second-order valence-electron chi connectivity index (χ2n) is 8.69. The third-order valence-electron chi connectivity index (χ3n) is 6.22. The number of anilines is 1. The van der Waals surface area contributed by atoms with Crippen molar-refractivity contribution in [1.29, 1.82) is 0 Å². The Bertz CT molecular complexity index is 780. The number of nitrogens with zero attached hydrogens (tertiary/aromatic N) is 3. The van der Waals surface area contributed by atoms with E-state index in [9.17, 15) is 14.4 Å². The predicted octanol–water partition coefficient (Wildman–Crippen LogP) is 2.71. The van der Waals surface area contributed by atoms with E-state index in [4.69, 9.17) is 4.74 Å². The Labute approximate surface area is 196 Å². The van der Waals surface area contributed by atoms with Crippen LogP contribution in [0.2, 0.25) is 0 Å². The summed E-state index contributed by atoms with van der Waals surface area (Å²) in [5.74, 6) is 0.549. The lowest BCUT2D eigenvalue weighted by Gasteiger charge is -2.23. The van der Waals surface area contributed by atoms with Crippen molar-refractivity contribution in [3.63, 3.8) is 0 Å². The molecule has 2 heterocycles. The van der Waals surface area contributed by atoms with Gasteiger partial charge in [-0.2, -0.15) is 0 Å². The Morgan fingerprint density at radius 1 is 1.06 bits per heavy atom. The molecule has 2 aliphatic rings. The number of ether oxygens (including phenoxy) is 1. The molecule has 1 saturated carbocycles. The smallest absolute Gasteiger partial charge is 0.339 e. The van der Waals surface area contributed by atoms with Crippen LogP contribution in [-0.2, 0) is 9.53 Å². The summed E-state index contributed by atoms with van der Waals surface area (Å²) < 4.78 is 5.00. The number of carbonyl (C=O) groups excluding carboxylic acids is 3. The Morgan fingerprint density at radius 3 is 2.61 bits per heavy atom. The lowest BCUT2D eigenvalue weighted by molar-refractivity contribution is -0.131. The molecular formula is C24H37N5O4. The topological polar surface area (TPSA) is 104 Å². The molecule has 182 valence electrons. The van der Waals surface area contributed by atoms with Gasteiger partial charge in [-0.05, 0) is 44.7 Å². The summed E-state index contributed by atoms with van der Waals surface area (Å²) >= 11 is 0. The minimum absolute atomic E-state index is 0.122. The molecule has 9 nitrogen and oxygen atoms in total. The molecule has 33 heavy (non-hydrogen) atoms. The average Bonchev–Trinajstić information content (AvgIpc) is 3.09. The molecule has 0 atom stereocenters. The summed E-state index contributed by atoms with van der Waals surface area (Å²) in [4.78, 5) is 44.9. The maximum Gasteiger partial charge on any atom is 0.339 e. The largest absolute Gasteiger partial charge is 0.462 e. The summed E-state index contributed by atoms with van der Waals surface area (Å²) in [5.41, 5.74) is 0.438. The second kappa shape index (κ2) is 13.0. The van der Waals surface area contributed by atoms with Crippen LogP contribution in [0.4, 0.5) is 10.6 Å². The molecule has 0 radical (unpaired) electrons. The van der Waals surface area contributed by atoms with Crippen LogP contribution >= 0.6 is 0 Å². The number of hydrogen-bond donors (Lipinski definition) is 2. The molecule has 0 unspecified atom stereocenters. The van der Waals surface area contributed by atoms with Gasteiger partial charge in [0.25, 0.3) is 0 Å².